The second-order valence-electron chi connectivity index (χ2n) is 6.64. The van der Waals surface area contributed by atoms with E-state index in [1.807, 2.05) is 10.9 Å². The number of nitrogens with one attached hydrogen (secondary N) is 1. The molecule has 0 bridgehead atoms. The molecule has 3 rings (SSSR count). The van der Waals surface area contributed by atoms with E-state index in [0.29, 0.717) is 10.8 Å². The van der Waals surface area contributed by atoms with E-state index in [4.69, 9.17) is 0 Å². The van der Waals surface area contributed by atoms with Gasteiger partial charge in [0, 0.05) is 37.7 Å². The lowest BCUT2D eigenvalue weighted by molar-refractivity contribution is 0.166. The normalized spacial score (nSPS) is 19.7. The maximum atomic E-state index is 11.8. The number of hydrogen-bond acceptors (Lipinski definition) is 5. The zero-order chi connectivity index (χ0) is 17.2. The van der Waals surface area contributed by atoms with Gasteiger partial charge in [0.2, 0.25) is 0 Å². The predicted octanol–water partition coefficient (Wildman–Crippen LogP) is 1.48. The van der Waals surface area contributed by atoms with Crippen LogP contribution >= 0.6 is 0 Å². The molecule has 1 atom stereocenters. The Balaban J connectivity index is 1.63. The first-order chi connectivity index (χ1) is 11.5. The lowest BCUT2D eigenvalue weighted by Crippen LogP contribution is -2.35. The summed E-state index contributed by atoms with van der Waals surface area (Å²) in [4.78, 5) is 2.77. The highest BCUT2D eigenvalue weighted by atomic mass is 32.2. The summed E-state index contributed by atoms with van der Waals surface area (Å²) < 4.78 is 25.6. The van der Waals surface area contributed by atoms with E-state index in [2.05, 4.69) is 33.3 Å². The van der Waals surface area contributed by atoms with E-state index >= 15 is 0 Å². The maximum Gasteiger partial charge on any atom is 0.178 e. The fourth-order valence-electron chi connectivity index (χ4n) is 3.44. The third kappa shape index (κ3) is 4.05. The minimum atomic E-state index is -3.22. The molecule has 0 saturated carbocycles. The van der Waals surface area contributed by atoms with Crippen LogP contribution in [0, 0.1) is 5.92 Å². The average Bonchev–Trinajstić information content (AvgIpc) is 3.16. The highest BCUT2D eigenvalue weighted by Gasteiger charge is 2.24. The molecule has 132 valence electrons. The summed E-state index contributed by atoms with van der Waals surface area (Å²) in [6.45, 7) is 5.92. The number of H-pyrrole nitrogens is 1. The van der Waals surface area contributed by atoms with Crippen LogP contribution in [-0.4, -0.2) is 52.6 Å². The number of aromatic nitrogens is 4. The Bertz CT molecular complexity index is 780. The zero-order valence-electron chi connectivity index (χ0n) is 14.3. The van der Waals surface area contributed by atoms with Crippen molar-refractivity contribution in [1.29, 1.82) is 0 Å². The molecule has 3 heterocycles. The van der Waals surface area contributed by atoms with E-state index in [1.165, 1.54) is 18.0 Å². The van der Waals surface area contributed by atoms with Crippen molar-refractivity contribution < 1.29 is 8.42 Å². The van der Waals surface area contributed by atoms with Gasteiger partial charge in [0.05, 0.1) is 18.1 Å². The molecular formula is C16H25N5O2S. The first-order valence-electron chi connectivity index (χ1n) is 8.41. The quantitative estimate of drug-likeness (QED) is 0.852. The largest absolute Gasteiger partial charge is 0.299 e. The highest BCUT2D eigenvalue weighted by molar-refractivity contribution is 7.90. The van der Waals surface area contributed by atoms with Crippen LogP contribution in [0.5, 0.6) is 0 Å². The lowest BCUT2D eigenvalue weighted by Gasteiger charge is -2.32. The molecule has 1 N–H and O–H groups in total. The Morgan fingerprint density at radius 1 is 1.38 bits per heavy atom. The average molecular weight is 351 g/mol. The molecular weight excluding hydrogens is 326 g/mol. The third-order valence-corrected chi connectivity index (χ3v) is 5.74. The minimum absolute atomic E-state index is 0.337. The second-order valence-corrected chi connectivity index (χ2v) is 8.62. The van der Waals surface area contributed by atoms with Gasteiger partial charge < -0.3 is 0 Å². The number of rotatable bonds is 6. The fraction of sp³-hybridized carbons (Fsp3) is 0.625. The van der Waals surface area contributed by atoms with Gasteiger partial charge in [-0.1, -0.05) is 0 Å². The van der Waals surface area contributed by atoms with Crippen molar-refractivity contribution >= 4 is 9.84 Å². The van der Waals surface area contributed by atoms with Gasteiger partial charge in [0.1, 0.15) is 4.90 Å². The summed E-state index contributed by atoms with van der Waals surface area (Å²) in [6, 6.07) is 0. The van der Waals surface area contributed by atoms with Gasteiger partial charge in [0.25, 0.3) is 0 Å². The molecule has 0 aliphatic carbocycles. The summed E-state index contributed by atoms with van der Waals surface area (Å²) in [7, 11) is -3.22. The SMILES string of the molecule is CCn1cc(CN2CCC[C@@H](Cc3[nH]ncc3S(C)(=O)=O)C2)cn1. The van der Waals surface area contributed by atoms with E-state index in [0.717, 1.165) is 51.1 Å². The Morgan fingerprint density at radius 3 is 2.92 bits per heavy atom. The molecule has 1 fully saturated rings. The number of piperidine rings is 1. The van der Waals surface area contributed by atoms with E-state index in [-0.39, 0.29) is 0 Å². The van der Waals surface area contributed by atoms with E-state index in [9.17, 15) is 8.42 Å². The van der Waals surface area contributed by atoms with Crippen LogP contribution in [0.4, 0.5) is 0 Å². The summed E-state index contributed by atoms with van der Waals surface area (Å²) >= 11 is 0. The van der Waals surface area contributed by atoms with Crippen molar-refractivity contribution in [2.75, 3.05) is 19.3 Å². The van der Waals surface area contributed by atoms with Crippen LogP contribution in [0.25, 0.3) is 0 Å². The number of likely N-dealkylation sites (tertiary alicyclic amines) is 1. The Hall–Kier alpha value is -1.67. The molecule has 0 spiro atoms. The summed E-state index contributed by atoms with van der Waals surface area (Å²) in [5.41, 5.74) is 1.97. The summed E-state index contributed by atoms with van der Waals surface area (Å²) in [6.07, 6.45) is 9.67. The van der Waals surface area contributed by atoms with Gasteiger partial charge in [-0.05, 0) is 38.6 Å². The first-order valence-corrected chi connectivity index (χ1v) is 10.3. The number of sulfone groups is 1. The Kier molecular flexibility index (Phi) is 5.05. The van der Waals surface area contributed by atoms with Gasteiger partial charge in [-0.15, -0.1) is 0 Å². The van der Waals surface area contributed by atoms with Crippen molar-refractivity contribution in [3.05, 3.63) is 29.8 Å². The highest BCUT2D eigenvalue weighted by Crippen LogP contribution is 2.24. The minimum Gasteiger partial charge on any atom is -0.299 e. The molecule has 2 aromatic heterocycles. The number of aromatic amines is 1. The molecule has 7 nitrogen and oxygen atoms in total. The summed E-state index contributed by atoms with van der Waals surface area (Å²) in [5.74, 6) is 0.445. The molecule has 0 radical (unpaired) electrons. The van der Waals surface area contributed by atoms with Gasteiger partial charge in [-0.25, -0.2) is 8.42 Å². The Morgan fingerprint density at radius 2 is 2.21 bits per heavy atom. The van der Waals surface area contributed by atoms with Crippen LogP contribution in [-0.2, 0) is 29.3 Å². The smallest absolute Gasteiger partial charge is 0.178 e. The maximum absolute atomic E-state index is 11.8. The van der Waals surface area contributed by atoms with Crippen LogP contribution < -0.4 is 0 Å². The molecule has 0 amide bonds. The van der Waals surface area contributed by atoms with Crippen LogP contribution in [0.3, 0.4) is 0 Å². The fourth-order valence-corrected chi connectivity index (χ4v) is 4.26. The lowest BCUT2D eigenvalue weighted by atomic mass is 9.93. The molecule has 0 unspecified atom stereocenters. The van der Waals surface area contributed by atoms with E-state index < -0.39 is 9.84 Å². The summed E-state index contributed by atoms with van der Waals surface area (Å²) in [5, 5.41) is 11.1. The number of nitrogens with zero attached hydrogens (tertiary/aromatic N) is 4. The molecule has 2 aromatic rings. The topological polar surface area (TPSA) is 83.9 Å². The molecule has 8 heteroatoms. The van der Waals surface area contributed by atoms with Crippen molar-refractivity contribution in [1.82, 2.24) is 24.9 Å². The van der Waals surface area contributed by atoms with Crippen molar-refractivity contribution in [3.63, 3.8) is 0 Å². The predicted molar refractivity (Wildman–Crippen MR) is 91.3 cm³/mol. The number of hydrogen-bond donors (Lipinski definition) is 1. The van der Waals surface area contributed by atoms with Crippen LogP contribution in [0.1, 0.15) is 31.0 Å². The second kappa shape index (κ2) is 7.06. The molecule has 24 heavy (non-hydrogen) atoms. The monoisotopic (exact) mass is 351 g/mol. The Labute approximate surface area is 143 Å². The molecule has 0 aromatic carbocycles. The van der Waals surface area contributed by atoms with Gasteiger partial charge in [-0.2, -0.15) is 10.2 Å². The zero-order valence-corrected chi connectivity index (χ0v) is 15.1. The standard InChI is InChI=1S/C16H25N5O2S/c1-3-21-12-14(8-18-21)11-20-6-4-5-13(10-20)7-15-16(9-17-19-15)24(2,22)23/h8-9,12-13H,3-7,10-11H2,1-2H3,(H,17,19)/t13-/m0/s1. The van der Waals surface area contributed by atoms with Crippen molar-refractivity contribution in [3.8, 4) is 0 Å². The number of aryl methyl sites for hydroxylation is 1. The van der Waals surface area contributed by atoms with Crippen molar-refractivity contribution in [2.24, 2.45) is 5.92 Å². The van der Waals surface area contributed by atoms with Gasteiger partial charge >= 0.3 is 0 Å². The van der Waals surface area contributed by atoms with Gasteiger partial charge in [-0.3, -0.25) is 14.7 Å². The van der Waals surface area contributed by atoms with E-state index in [1.54, 1.807) is 0 Å². The van der Waals surface area contributed by atoms with Crippen LogP contribution in [0.2, 0.25) is 0 Å². The third-order valence-electron chi connectivity index (χ3n) is 4.59. The van der Waals surface area contributed by atoms with Crippen molar-refractivity contribution in [2.45, 2.75) is 44.2 Å². The van der Waals surface area contributed by atoms with Crippen LogP contribution in [0.15, 0.2) is 23.5 Å². The molecule has 1 aliphatic rings. The molecule has 1 aliphatic heterocycles. The molecule has 1 saturated heterocycles. The van der Waals surface area contributed by atoms with Gasteiger partial charge in [0.15, 0.2) is 9.84 Å². The first kappa shape index (κ1) is 17.2.